The van der Waals surface area contributed by atoms with Gasteiger partial charge in [0.1, 0.15) is 0 Å². The van der Waals surface area contributed by atoms with Crippen molar-refractivity contribution >= 4 is 11.4 Å². The Hall–Kier alpha value is -1.58. The number of nitrogens with one attached hydrogen (secondary N) is 1. The van der Waals surface area contributed by atoms with E-state index < -0.39 is 0 Å². The molecular weight excluding hydrogens is 216 g/mol. The number of nitro benzene ring substituents is 1. The largest absolute Gasteiger partial charge is 0.383 e. The molecule has 0 amide bonds. The molecule has 0 radical (unpaired) electrons. The second-order valence-corrected chi connectivity index (χ2v) is 5.47. The van der Waals surface area contributed by atoms with E-state index in [-0.39, 0.29) is 16.0 Å². The van der Waals surface area contributed by atoms with Crippen LogP contribution < -0.4 is 5.32 Å². The molecule has 4 heteroatoms. The molecule has 2 rings (SSSR count). The fourth-order valence-corrected chi connectivity index (χ4v) is 2.65. The van der Waals surface area contributed by atoms with Gasteiger partial charge in [-0.25, -0.2) is 0 Å². The molecule has 0 aliphatic carbocycles. The van der Waals surface area contributed by atoms with Crippen LogP contribution in [0.1, 0.15) is 36.1 Å². The Labute approximate surface area is 101 Å². The first kappa shape index (κ1) is 11.9. The van der Waals surface area contributed by atoms with E-state index in [0.717, 1.165) is 34.5 Å². The highest BCUT2D eigenvalue weighted by atomic mass is 16.6. The molecule has 1 aliphatic heterocycles. The Bertz CT molecular complexity index is 519. The van der Waals surface area contributed by atoms with Gasteiger partial charge in [0.2, 0.25) is 0 Å². The Morgan fingerprint density at radius 3 is 2.29 bits per heavy atom. The van der Waals surface area contributed by atoms with Crippen LogP contribution in [0.3, 0.4) is 0 Å². The highest BCUT2D eigenvalue weighted by molar-refractivity contribution is 5.75. The predicted molar refractivity (Wildman–Crippen MR) is 68.8 cm³/mol. The summed E-state index contributed by atoms with van der Waals surface area (Å²) in [6.45, 7) is 10.7. The second kappa shape index (κ2) is 3.45. The molecule has 0 aromatic heterocycles. The van der Waals surface area contributed by atoms with Crippen molar-refractivity contribution in [3.05, 3.63) is 32.4 Å². The molecule has 92 valence electrons. The molecule has 1 aliphatic rings. The molecule has 17 heavy (non-hydrogen) atoms. The van der Waals surface area contributed by atoms with E-state index in [1.54, 1.807) is 0 Å². The van der Waals surface area contributed by atoms with Crippen LogP contribution in [-0.4, -0.2) is 11.5 Å². The van der Waals surface area contributed by atoms with Gasteiger partial charge in [-0.1, -0.05) is 13.8 Å². The van der Waals surface area contributed by atoms with Gasteiger partial charge in [-0.2, -0.15) is 0 Å². The van der Waals surface area contributed by atoms with Crippen LogP contribution in [0.5, 0.6) is 0 Å². The molecule has 0 saturated carbocycles. The number of anilines is 1. The lowest BCUT2D eigenvalue weighted by molar-refractivity contribution is -0.386. The average molecular weight is 234 g/mol. The zero-order chi connectivity index (χ0) is 13.0. The monoisotopic (exact) mass is 234 g/mol. The topological polar surface area (TPSA) is 55.2 Å². The van der Waals surface area contributed by atoms with Crippen molar-refractivity contribution in [2.75, 3.05) is 11.9 Å². The van der Waals surface area contributed by atoms with Gasteiger partial charge < -0.3 is 5.32 Å². The maximum atomic E-state index is 11.3. The quantitative estimate of drug-likeness (QED) is 0.599. The van der Waals surface area contributed by atoms with E-state index in [0.29, 0.717) is 0 Å². The van der Waals surface area contributed by atoms with E-state index in [1.165, 1.54) is 0 Å². The lowest BCUT2D eigenvalue weighted by Gasteiger charge is -2.19. The molecule has 1 aromatic carbocycles. The second-order valence-electron chi connectivity index (χ2n) is 5.47. The number of nitro groups is 1. The van der Waals surface area contributed by atoms with E-state index in [1.807, 2.05) is 34.6 Å². The SMILES string of the molecule is Cc1c(C)c2c(c([N+](=O)[O-])c1C)C(C)(C)CN2. The fourth-order valence-electron chi connectivity index (χ4n) is 2.65. The van der Waals surface area contributed by atoms with E-state index in [4.69, 9.17) is 0 Å². The van der Waals surface area contributed by atoms with Gasteiger partial charge in [-0.3, -0.25) is 10.1 Å². The summed E-state index contributed by atoms with van der Waals surface area (Å²) in [4.78, 5) is 11.1. The molecule has 0 unspecified atom stereocenters. The fraction of sp³-hybridized carbons (Fsp3) is 0.538. The molecule has 0 saturated heterocycles. The standard InChI is InChI=1S/C13H18N2O2/c1-7-8(2)11-10(13(4,5)6-14-11)12(9(7)3)15(16)17/h14H,6H2,1-5H3. The number of hydrogen-bond donors (Lipinski definition) is 1. The molecule has 1 aromatic rings. The third-order valence-electron chi connectivity index (χ3n) is 3.91. The van der Waals surface area contributed by atoms with Crippen molar-refractivity contribution < 1.29 is 4.92 Å². The summed E-state index contributed by atoms with van der Waals surface area (Å²) < 4.78 is 0. The summed E-state index contributed by atoms with van der Waals surface area (Å²) >= 11 is 0. The van der Waals surface area contributed by atoms with Gasteiger partial charge in [-0.05, 0) is 31.9 Å². The van der Waals surface area contributed by atoms with E-state index >= 15 is 0 Å². The highest BCUT2D eigenvalue weighted by Gasteiger charge is 2.39. The Kier molecular flexibility index (Phi) is 2.42. The van der Waals surface area contributed by atoms with Crippen LogP contribution in [0.4, 0.5) is 11.4 Å². The summed E-state index contributed by atoms with van der Waals surface area (Å²) in [6, 6.07) is 0. The summed E-state index contributed by atoms with van der Waals surface area (Å²) in [7, 11) is 0. The third-order valence-corrected chi connectivity index (χ3v) is 3.91. The zero-order valence-corrected chi connectivity index (χ0v) is 11.0. The summed E-state index contributed by atoms with van der Waals surface area (Å²) in [5, 5.41) is 14.6. The minimum atomic E-state index is -0.241. The molecule has 0 spiro atoms. The Balaban J connectivity index is 2.90. The van der Waals surface area contributed by atoms with Gasteiger partial charge in [0, 0.05) is 23.2 Å². The van der Waals surface area contributed by atoms with E-state index in [2.05, 4.69) is 5.32 Å². The normalized spacial score (nSPS) is 16.5. The molecule has 0 fully saturated rings. The molecule has 1 N–H and O–H groups in total. The molecule has 1 heterocycles. The van der Waals surface area contributed by atoms with Gasteiger partial charge in [0.25, 0.3) is 5.69 Å². The summed E-state index contributed by atoms with van der Waals surface area (Å²) in [6.07, 6.45) is 0. The first-order valence-corrected chi connectivity index (χ1v) is 5.80. The van der Waals surface area contributed by atoms with Crippen LogP contribution in [-0.2, 0) is 5.41 Å². The number of nitrogens with zero attached hydrogens (tertiary/aromatic N) is 1. The van der Waals surface area contributed by atoms with Crippen molar-refractivity contribution in [1.29, 1.82) is 0 Å². The maximum absolute atomic E-state index is 11.3. The van der Waals surface area contributed by atoms with Crippen molar-refractivity contribution in [3.63, 3.8) is 0 Å². The van der Waals surface area contributed by atoms with Gasteiger partial charge in [-0.15, -0.1) is 0 Å². The van der Waals surface area contributed by atoms with Crippen LogP contribution in [0.15, 0.2) is 0 Å². The van der Waals surface area contributed by atoms with Crippen molar-refractivity contribution in [3.8, 4) is 0 Å². The van der Waals surface area contributed by atoms with Crippen molar-refractivity contribution in [1.82, 2.24) is 0 Å². The molecular formula is C13H18N2O2. The van der Waals surface area contributed by atoms with Crippen LogP contribution in [0.2, 0.25) is 0 Å². The first-order chi connectivity index (χ1) is 7.77. The summed E-state index contributed by atoms with van der Waals surface area (Å²) in [5.41, 5.74) is 4.88. The Morgan fingerprint density at radius 1 is 1.18 bits per heavy atom. The summed E-state index contributed by atoms with van der Waals surface area (Å²) in [5.74, 6) is 0. The number of benzene rings is 1. The van der Waals surface area contributed by atoms with Gasteiger partial charge in [0.15, 0.2) is 0 Å². The number of hydrogen-bond acceptors (Lipinski definition) is 3. The van der Waals surface area contributed by atoms with Crippen LogP contribution >= 0.6 is 0 Å². The van der Waals surface area contributed by atoms with Gasteiger partial charge in [0.05, 0.1) is 10.5 Å². The first-order valence-electron chi connectivity index (χ1n) is 5.80. The Morgan fingerprint density at radius 2 is 1.76 bits per heavy atom. The number of rotatable bonds is 1. The van der Waals surface area contributed by atoms with Crippen molar-refractivity contribution in [2.45, 2.75) is 40.0 Å². The average Bonchev–Trinajstić information content (AvgIpc) is 2.52. The molecule has 4 nitrogen and oxygen atoms in total. The predicted octanol–water partition coefficient (Wildman–Crippen LogP) is 3.22. The minimum Gasteiger partial charge on any atom is -0.383 e. The number of fused-ring (bicyclic) bond motifs is 1. The van der Waals surface area contributed by atoms with Crippen LogP contribution in [0, 0.1) is 30.9 Å². The maximum Gasteiger partial charge on any atom is 0.278 e. The minimum absolute atomic E-state index is 0.180. The van der Waals surface area contributed by atoms with Gasteiger partial charge >= 0.3 is 0 Å². The lowest BCUT2D eigenvalue weighted by atomic mass is 9.82. The molecule has 0 bridgehead atoms. The third kappa shape index (κ3) is 1.51. The molecule has 0 atom stereocenters. The van der Waals surface area contributed by atoms with E-state index in [9.17, 15) is 10.1 Å². The zero-order valence-electron chi connectivity index (χ0n) is 11.0. The lowest BCUT2D eigenvalue weighted by Crippen LogP contribution is -2.20. The smallest absolute Gasteiger partial charge is 0.278 e. The van der Waals surface area contributed by atoms with Crippen molar-refractivity contribution in [2.24, 2.45) is 0 Å². The van der Waals surface area contributed by atoms with Crippen LogP contribution in [0.25, 0.3) is 0 Å². The highest BCUT2D eigenvalue weighted by Crippen LogP contribution is 2.46.